The molecule has 6 heteroatoms. The maximum atomic E-state index is 12.3. The maximum absolute atomic E-state index is 12.3. The smallest absolute Gasteiger partial charge is 0.387 e. The molecule has 2 aromatic rings. The molecule has 0 fully saturated rings. The SMILES string of the molecule is CCNC(=O)[C@H](C)[NH2+][C@@H](c1ccccc1)c1ccc(OC(F)F)cc1. The molecule has 0 aliphatic heterocycles. The lowest BCUT2D eigenvalue weighted by molar-refractivity contribution is -0.704. The van der Waals surface area contributed by atoms with Gasteiger partial charge in [-0.15, -0.1) is 0 Å². The van der Waals surface area contributed by atoms with Crippen LogP contribution in [-0.2, 0) is 4.79 Å². The Morgan fingerprint density at radius 1 is 1.08 bits per heavy atom. The van der Waals surface area contributed by atoms with E-state index in [1.807, 2.05) is 49.5 Å². The average Bonchev–Trinajstić information content (AvgIpc) is 2.61. The van der Waals surface area contributed by atoms with Gasteiger partial charge in [0.05, 0.1) is 0 Å². The summed E-state index contributed by atoms with van der Waals surface area (Å²) in [5.74, 6) is 0.0726. The highest BCUT2D eigenvalue weighted by molar-refractivity contribution is 5.79. The first-order valence-electron chi connectivity index (χ1n) is 8.23. The van der Waals surface area contributed by atoms with Crippen molar-refractivity contribution in [1.29, 1.82) is 0 Å². The Kier molecular flexibility index (Phi) is 6.89. The topological polar surface area (TPSA) is 54.9 Å². The summed E-state index contributed by atoms with van der Waals surface area (Å²) >= 11 is 0. The van der Waals surface area contributed by atoms with Gasteiger partial charge in [-0.2, -0.15) is 8.78 Å². The molecule has 0 aliphatic carbocycles. The van der Waals surface area contributed by atoms with E-state index in [2.05, 4.69) is 10.1 Å². The number of nitrogens with two attached hydrogens (primary N) is 1. The van der Waals surface area contributed by atoms with Gasteiger partial charge in [0, 0.05) is 17.7 Å². The summed E-state index contributed by atoms with van der Waals surface area (Å²) < 4.78 is 29.0. The van der Waals surface area contributed by atoms with E-state index < -0.39 is 6.61 Å². The minimum atomic E-state index is -2.85. The van der Waals surface area contributed by atoms with Crippen molar-refractivity contribution in [3.63, 3.8) is 0 Å². The number of quaternary nitrogens is 1. The zero-order chi connectivity index (χ0) is 18.2. The number of hydrogen-bond donors (Lipinski definition) is 2. The summed E-state index contributed by atoms with van der Waals surface area (Å²) in [7, 11) is 0. The Balaban J connectivity index is 2.24. The van der Waals surface area contributed by atoms with Gasteiger partial charge in [-0.05, 0) is 38.1 Å². The third-order valence-corrected chi connectivity index (χ3v) is 3.87. The van der Waals surface area contributed by atoms with Crippen molar-refractivity contribution in [3.05, 3.63) is 65.7 Å². The molecule has 0 saturated heterocycles. The van der Waals surface area contributed by atoms with Crippen molar-refractivity contribution in [2.75, 3.05) is 6.54 Å². The van der Waals surface area contributed by atoms with E-state index in [1.54, 1.807) is 12.1 Å². The van der Waals surface area contributed by atoms with Gasteiger partial charge >= 0.3 is 6.61 Å². The van der Waals surface area contributed by atoms with Crippen LogP contribution in [0.15, 0.2) is 54.6 Å². The van der Waals surface area contributed by atoms with Gasteiger partial charge in [0.1, 0.15) is 11.8 Å². The molecule has 4 nitrogen and oxygen atoms in total. The van der Waals surface area contributed by atoms with Crippen molar-refractivity contribution in [2.45, 2.75) is 32.5 Å². The number of ether oxygens (including phenoxy) is 1. The fourth-order valence-corrected chi connectivity index (χ4v) is 2.64. The van der Waals surface area contributed by atoms with Gasteiger partial charge in [-0.3, -0.25) is 4.79 Å². The summed E-state index contributed by atoms with van der Waals surface area (Å²) in [4.78, 5) is 12.1. The second-order valence-electron chi connectivity index (χ2n) is 5.71. The lowest BCUT2D eigenvalue weighted by Crippen LogP contribution is -2.92. The van der Waals surface area contributed by atoms with Crippen LogP contribution in [0.1, 0.15) is 31.0 Å². The monoisotopic (exact) mass is 349 g/mol. The predicted molar refractivity (Wildman–Crippen MR) is 91.4 cm³/mol. The van der Waals surface area contributed by atoms with Crippen LogP contribution in [-0.4, -0.2) is 25.1 Å². The number of carbonyl (C=O) groups excluding carboxylic acids is 1. The molecule has 25 heavy (non-hydrogen) atoms. The molecule has 0 aliphatic rings. The normalized spacial score (nSPS) is 13.3. The number of hydrogen-bond acceptors (Lipinski definition) is 2. The van der Waals surface area contributed by atoms with Crippen molar-refractivity contribution in [3.8, 4) is 5.75 Å². The Morgan fingerprint density at radius 2 is 1.68 bits per heavy atom. The Bertz CT molecular complexity index is 663. The molecule has 0 unspecified atom stereocenters. The summed E-state index contributed by atoms with van der Waals surface area (Å²) in [6.45, 7) is 1.45. The zero-order valence-electron chi connectivity index (χ0n) is 14.3. The quantitative estimate of drug-likeness (QED) is 0.769. The van der Waals surface area contributed by atoms with E-state index in [1.165, 1.54) is 12.1 Å². The van der Waals surface area contributed by atoms with Gasteiger partial charge in [0.25, 0.3) is 5.91 Å². The number of rotatable bonds is 8. The van der Waals surface area contributed by atoms with Crippen molar-refractivity contribution in [2.24, 2.45) is 0 Å². The molecule has 3 N–H and O–H groups in total. The first-order chi connectivity index (χ1) is 12.0. The molecular formula is C19H23F2N2O2+. The molecule has 2 aromatic carbocycles. The van der Waals surface area contributed by atoms with Crippen LogP contribution in [0.3, 0.4) is 0 Å². The summed E-state index contributed by atoms with van der Waals surface area (Å²) in [6, 6.07) is 15.9. The van der Waals surface area contributed by atoms with Gasteiger partial charge in [-0.25, -0.2) is 0 Å². The van der Waals surface area contributed by atoms with Crippen molar-refractivity contribution < 1.29 is 23.6 Å². The molecule has 0 aromatic heterocycles. The van der Waals surface area contributed by atoms with E-state index in [9.17, 15) is 13.6 Å². The van der Waals surface area contributed by atoms with Crippen LogP contribution in [0.5, 0.6) is 5.75 Å². The molecule has 134 valence electrons. The highest BCUT2D eigenvalue weighted by Crippen LogP contribution is 2.22. The Labute approximate surface area is 146 Å². The van der Waals surface area contributed by atoms with Crippen LogP contribution in [0.2, 0.25) is 0 Å². The van der Waals surface area contributed by atoms with Gasteiger partial charge in [0.2, 0.25) is 0 Å². The molecule has 2 atom stereocenters. The van der Waals surface area contributed by atoms with Crippen LogP contribution in [0.25, 0.3) is 0 Å². The van der Waals surface area contributed by atoms with E-state index in [0.29, 0.717) is 6.54 Å². The zero-order valence-corrected chi connectivity index (χ0v) is 14.3. The minimum absolute atomic E-state index is 0.0407. The van der Waals surface area contributed by atoms with E-state index >= 15 is 0 Å². The molecule has 2 rings (SSSR count). The number of carbonyl (C=O) groups is 1. The lowest BCUT2D eigenvalue weighted by atomic mass is 9.97. The minimum Gasteiger partial charge on any atom is -0.435 e. The molecule has 0 saturated carbocycles. The number of likely N-dealkylation sites (N-methyl/N-ethyl adjacent to an activating group) is 1. The van der Waals surface area contributed by atoms with Crippen LogP contribution >= 0.6 is 0 Å². The van der Waals surface area contributed by atoms with E-state index in [0.717, 1.165) is 11.1 Å². The third kappa shape index (κ3) is 5.53. The van der Waals surface area contributed by atoms with Crippen molar-refractivity contribution in [1.82, 2.24) is 5.32 Å². The second kappa shape index (κ2) is 9.13. The summed E-state index contributed by atoms with van der Waals surface area (Å²) in [6.07, 6.45) is 0. The number of amides is 1. The van der Waals surface area contributed by atoms with Crippen molar-refractivity contribution >= 4 is 5.91 Å². The van der Waals surface area contributed by atoms with Crippen LogP contribution in [0.4, 0.5) is 8.78 Å². The number of alkyl halides is 2. The molecule has 0 bridgehead atoms. The maximum Gasteiger partial charge on any atom is 0.387 e. The van der Waals surface area contributed by atoms with Crippen LogP contribution < -0.4 is 15.4 Å². The number of benzene rings is 2. The van der Waals surface area contributed by atoms with E-state index in [-0.39, 0.29) is 23.7 Å². The van der Waals surface area contributed by atoms with E-state index in [4.69, 9.17) is 0 Å². The Morgan fingerprint density at radius 3 is 2.24 bits per heavy atom. The first-order valence-corrected chi connectivity index (χ1v) is 8.23. The first kappa shape index (κ1) is 18.9. The molecular weight excluding hydrogens is 326 g/mol. The lowest BCUT2D eigenvalue weighted by Gasteiger charge is -2.21. The Hall–Kier alpha value is -2.47. The predicted octanol–water partition coefficient (Wildman–Crippen LogP) is 2.47. The number of nitrogens with one attached hydrogen (secondary N) is 1. The fourth-order valence-electron chi connectivity index (χ4n) is 2.64. The summed E-state index contributed by atoms with van der Waals surface area (Å²) in [5, 5.41) is 4.77. The molecule has 0 heterocycles. The van der Waals surface area contributed by atoms with Gasteiger partial charge in [-0.1, -0.05) is 30.3 Å². The fraction of sp³-hybridized carbons (Fsp3) is 0.316. The highest BCUT2D eigenvalue weighted by atomic mass is 19.3. The molecule has 0 spiro atoms. The standard InChI is InChI=1S/C19H22F2N2O2/c1-3-22-18(24)13(2)23-17(14-7-5-4-6-8-14)15-9-11-16(12-10-15)25-19(20)21/h4-13,17,19,23H,3H2,1-2H3,(H,22,24)/p+1/t13-,17-/m0/s1. The molecule has 0 radical (unpaired) electrons. The van der Waals surface area contributed by atoms with Gasteiger partial charge < -0.3 is 15.4 Å². The number of halogens is 2. The average molecular weight is 349 g/mol. The van der Waals surface area contributed by atoms with Crippen LogP contribution in [0, 0.1) is 0 Å². The highest BCUT2D eigenvalue weighted by Gasteiger charge is 2.24. The second-order valence-corrected chi connectivity index (χ2v) is 5.71. The molecule has 1 amide bonds. The summed E-state index contributed by atoms with van der Waals surface area (Å²) in [5.41, 5.74) is 1.94. The third-order valence-electron chi connectivity index (χ3n) is 3.87. The largest absolute Gasteiger partial charge is 0.435 e. The van der Waals surface area contributed by atoms with Gasteiger partial charge in [0.15, 0.2) is 6.04 Å².